The molecule has 0 aromatic heterocycles. The lowest BCUT2D eigenvalue weighted by Crippen LogP contribution is -2.20. The zero-order valence-corrected chi connectivity index (χ0v) is 5.85. The van der Waals surface area contributed by atoms with Gasteiger partial charge in [0.1, 0.15) is 5.36 Å². The number of para-hydroxylation sites is 1. The minimum absolute atomic E-state index is 0.400. The average Bonchev–Trinajstić information content (AvgIpc) is 2.27. The largest absolute Gasteiger partial charge is 0.220 e. The number of thiocarbonyl (C=S) groups is 1. The summed E-state index contributed by atoms with van der Waals surface area (Å²) in [6.45, 7) is 0. The third kappa shape index (κ3) is 0.752. The molecule has 10 heavy (non-hydrogen) atoms. The van der Waals surface area contributed by atoms with Crippen molar-refractivity contribution in [3.63, 3.8) is 0 Å². The van der Waals surface area contributed by atoms with Gasteiger partial charge in [-0.15, -0.1) is 0 Å². The van der Waals surface area contributed by atoms with Gasteiger partial charge in [-0.25, -0.2) is 9.98 Å². The summed E-state index contributed by atoms with van der Waals surface area (Å²) in [5.41, 5.74) is 0. The summed E-state index contributed by atoms with van der Waals surface area (Å²) in [5.74, 6) is 0. The van der Waals surface area contributed by atoms with E-state index in [9.17, 15) is 0 Å². The first-order chi connectivity index (χ1) is 4.86. The van der Waals surface area contributed by atoms with E-state index in [1.165, 1.54) is 0 Å². The van der Waals surface area contributed by atoms with Crippen LogP contribution in [0, 0.1) is 6.07 Å². The van der Waals surface area contributed by atoms with Crippen molar-refractivity contribution in [2.24, 2.45) is 9.98 Å². The summed E-state index contributed by atoms with van der Waals surface area (Å²) in [4.78, 5) is 7.95. The number of fused-ring (bicyclic) bond motifs is 1. The lowest BCUT2D eigenvalue weighted by Gasteiger charge is -1.74. The van der Waals surface area contributed by atoms with Gasteiger partial charge in [-0.2, -0.15) is 0 Å². The van der Waals surface area contributed by atoms with Crippen LogP contribution < -0.4 is 10.7 Å². The molecule has 1 aliphatic heterocycles. The van der Waals surface area contributed by atoms with E-state index in [0.717, 1.165) is 10.7 Å². The molecule has 0 bridgehead atoms. The van der Waals surface area contributed by atoms with Crippen molar-refractivity contribution in [3.8, 4) is 0 Å². The van der Waals surface area contributed by atoms with Gasteiger partial charge in [-0.3, -0.25) is 0 Å². The van der Waals surface area contributed by atoms with E-state index in [1.807, 2.05) is 12.1 Å². The highest BCUT2D eigenvalue weighted by molar-refractivity contribution is 7.80. The van der Waals surface area contributed by atoms with Crippen LogP contribution in [0.25, 0.3) is 0 Å². The maximum atomic E-state index is 4.77. The van der Waals surface area contributed by atoms with Crippen LogP contribution in [0.5, 0.6) is 0 Å². The van der Waals surface area contributed by atoms with Crippen LogP contribution in [0.3, 0.4) is 0 Å². The summed E-state index contributed by atoms with van der Waals surface area (Å²) >= 11 is 4.77. The van der Waals surface area contributed by atoms with E-state index in [1.54, 1.807) is 6.07 Å². The van der Waals surface area contributed by atoms with E-state index < -0.39 is 0 Å². The molecule has 0 fully saturated rings. The first-order valence-electron chi connectivity index (χ1n) is 2.84. The van der Waals surface area contributed by atoms with Crippen LogP contribution in [-0.2, 0) is 0 Å². The van der Waals surface area contributed by atoms with Crippen molar-refractivity contribution < 1.29 is 0 Å². The van der Waals surface area contributed by atoms with Gasteiger partial charge in [0.2, 0.25) is 5.11 Å². The molecular formula is C7H3N2S. The van der Waals surface area contributed by atoms with Gasteiger partial charge in [0.25, 0.3) is 0 Å². The second-order valence-electron chi connectivity index (χ2n) is 1.91. The van der Waals surface area contributed by atoms with E-state index in [-0.39, 0.29) is 0 Å². The lowest BCUT2D eigenvalue weighted by molar-refractivity contribution is 1.36. The average molecular weight is 147 g/mol. The molecule has 0 aliphatic carbocycles. The van der Waals surface area contributed by atoms with Crippen molar-refractivity contribution in [3.05, 3.63) is 35.0 Å². The zero-order valence-electron chi connectivity index (χ0n) is 5.03. The molecule has 2 rings (SSSR count). The maximum Gasteiger partial charge on any atom is 0.220 e. The molecule has 1 aliphatic rings. The number of rotatable bonds is 0. The Morgan fingerprint density at radius 2 is 2.30 bits per heavy atom. The second-order valence-corrected chi connectivity index (χ2v) is 2.28. The summed E-state index contributed by atoms with van der Waals surface area (Å²) in [6.07, 6.45) is 0. The molecule has 0 saturated heterocycles. The molecule has 0 atom stereocenters. The molecule has 1 heterocycles. The highest BCUT2D eigenvalue weighted by Crippen LogP contribution is 1.83. The first kappa shape index (κ1) is 5.68. The highest BCUT2D eigenvalue weighted by Gasteiger charge is 1.97. The van der Waals surface area contributed by atoms with Gasteiger partial charge in [-0.1, -0.05) is 12.1 Å². The molecule has 2 nitrogen and oxygen atoms in total. The fourth-order valence-electron chi connectivity index (χ4n) is 0.823. The molecule has 0 saturated carbocycles. The zero-order chi connectivity index (χ0) is 6.97. The van der Waals surface area contributed by atoms with E-state index in [2.05, 4.69) is 16.1 Å². The fourth-order valence-corrected chi connectivity index (χ4v) is 1.01. The van der Waals surface area contributed by atoms with Crippen molar-refractivity contribution in [2.45, 2.75) is 0 Å². The minimum Gasteiger partial charge on any atom is -0.217 e. The van der Waals surface area contributed by atoms with Gasteiger partial charge in [0.15, 0.2) is 0 Å². The quantitative estimate of drug-likeness (QED) is 0.475. The summed E-state index contributed by atoms with van der Waals surface area (Å²) in [6, 6.07) is 8.47. The molecule has 47 valence electrons. The lowest BCUT2D eigenvalue weighted by atomic mass is 10.3. The van der Waals surface area contributed by atoms with Gasteiger partial charge in [0, 0.05) is 6.07 Å². The predicted octanol–water partition coefficient (Wildman–Crippen LogP) is 0.0245. The van der Waals surface area contributed by atoms with E-state index >= 15 is 0 Å². The Labute approximate surface area is 62.9 Å². The Bertz CT molecular complexity index is 357. The predicted molar refractivity (Wildman–Crippen MR) is 40.2 cm³/mol. The van der Waals surface area contributed by atoms with Gasteiger partial charge >= 0.3 is 0 Å². The third-order valence-corrected chi connectivity index (χ3v) is 1.42. The van der Waals surface area contributed by atoms with Gasteiger partial charge in [-0.05, 0) is 18.3 Å². The number of hydrogen-bond donors (Lipinski definition) is 0. The van der Waals surface area contributed by atoms with Crippen LogP contribution in [0.4, 0.5) is 0 Å². The van der Waals surface area contributed by atoms with Crippen LogP contribution in [-0.4, -0.2) is 5.11 Å². The van der Waals surface area contributed by atoms with Crippen LogP contribution in [0.15, 0.2) is 28.2 Å². The summed E-state index contributed by atoms with van der Waals surface area (Å²) < 4.78 is 0. The molecular weight excluding hydrogens is 144 g/mol. The standard InChI is InChI=1S/C7H3N2S/c10-7-8-5-3-1-2-4-6(5)9-7/h1-3H. The molecule has 0 amide bonds. The number of benzene rings is 1. The van der Waals surface area contributed by atoms with E-state index in [0.29, 0.717) is 5.11 Å². The van der Waals surface area contributed by atoms with Crippen molar-refractivity contribution in [1.82, 2.24) is 0 Å². The summed E-state index contributed by atoms with van der Waals surface area (Å²) in [7, 11) is 0. The smallest absolute Gasteiger partial charge is 0.217 e. The fraction of sp³-hybridized carbons (Fsp3) is 0. The molecule has 3 heteroatoms. The topological polar surface area (TPSA) is 24.7 Å². The second kappa shape index (κ2) is 1.95. The molecule has 1 aromatic rings. The van der Waals surface area contributed by atoms with Crippen LogP contribution in [0.1, 0.15) is 0 Å². The van der Waals surface area contributed by atoms with Gasteiger partial charge < -0.3 is 0 Å². The SMILES string of the molecule is S=C1N=c2[c]cccc2=N1. The normalized spacial score (nSPS) is 13.8. The molecule has 1 aromatic carbocycles. The Balaban J connectivity index is 2.96. The Morgan fingerprint density at radius 3 is 3.10 bits per heavy atom. The monoisotopic (exact) mass is 147 g/mol. The first-order valence-corrected chi connectivity index (χ1v) is 3.25. The van der Waals surface area contributed by atoms with E-state index in [4.69, 9.17) is 12.2 Å². The molecule has 1 radical (unpaired) electrons. The van der Waals surface area contributed by atoms with Gasteiger partial charge in [0.05, 0.1) is 5.36 Å². The Hall–Kier alpha value is -1.09. The van der Waals surface area contributed by atoms with Crippen molar-refractivity contribution in [1.29, 1.82) is 0 Å². The molecule has 0 N–H and O–H groups in total. The van der Waals surface area contributed by atoms with Crippen LogP contribution in [0.2, 0.25) is 0 Å². The summed E-state index contributed by atoms with van der Waals surface area (Å²) in [5, 5.41) is 1.98. The third-order valence-electron chi connectivity index (χ3n) is 1.24. The van der Waals surface area contributed by atoms with Crippen molar-refractivity contribution >= 4 is 17.3 Å². The minimum atomic E-state index is 0.400. The molecule has 0 spiro atoms. The Kier molecular flexibility index (Phi) is 1.11. The highest BCUT2D eigenvalue weighted by atomic mass is 32.1. The maximum absolute atomic E-state index is 4.77. The molecule has 0 unspecified atom stereocenters. The van der Waals surface area contributed by atoms with Crippen molar-refractivity contribution in [2.75, 3.05) is 0 Å². The number of nitrogens with zero attached hydrogens (tertiary/aromatic N) is 2. The number of hydrogen-bond acceptors (Lipinski definition) is 1. The Morgan fingerprint density at radius 1 is 1.40 bits per heavy atom. The van der Waals surface area contributed by atoms with Crippen LogP contribution >= 0.6 is 12.2 Å².